The van der Waals surface area contributed by atoms with Gasteiger partial charge in [0.05, 0.1) is 5.60 Å². The maximum absolute atomic E-state index is 12.1. The van der Waals surface area contributed by atoms with Crippen LogP contribution in [0.25, 0.3) is 0 Å². The van der Waals surface area contributed by atoms with Crippen molar-refractivity contribution in [2.24, 2.45) is 5.41 Å². The highest BCUT2D eigenvalue weighted by Gasteiger charge is 2.50. The number of amides is 1. The quantitative estimate of drug-likeness (QED) is 0.689. The second-order valence-corrected chi connectivity index (χ2v) is 8.66. The lowest BCUT2D eigenvalue weighted by Crippen LogP contribution is -2.40. The molecule has 0 atom stereocenters. The Morgan fingerprint density at radius 1 is 1.32 bits per heavy atom. The molecule has 0 aromatic carbocycles. The molecule has 124 valence electrons. The van der Waals surface area contributed by atoms with Crippen LogP contribution in [0.5, 0.6) is 0 Å². The maximum Gasteiger partial charge on any atom is 0.410 e. The predicted octanol–water partition coefficient (Wildman–Crippen LogP) is 3.92. The summed E-state index contributed by atoms with van der Waals surface area (Å²) < 4.78 is 11.7. The van der Waals surface area contributed by atoms with E-state index in [1.807, 2.05) is 20.8 Å². The fraction of sp³-hybridized carbons (Fsp3) is 0.824. The summed E-state index contributed by atoms with van der Waals surface area (Å²) in [6.07, 6.45) is 3.83. The average molecular weight is 307 g/mol. The molecule has 1 saturated heterocycles. The number of hydrogen-bond donors (Lipinski definition) is 0. The van der Waals surface area contributed by atoms with Crippen LogP contribution in [0.1, 0.15) is 54.9 Å². The summed E-state index contributed by atoms with van der Waals surface area (Å²) in [5.41, 5.74) is 0.948. The summed E-state index contributed by atoms with van der Waals surface area (Å²) in [5, 5.41) is 0. The molecule has 0 bridgehead atoms. The first-order valence-electron chi connectivity index (χ1n) is 8.26. The fourth-order valence-corrected chi connectivity index (χ4v) is 2.94. The highest BCUT2D eigenvalue weighted by Crippen LogP contribution is 2.47. The second kappa shape index (κ2) is 5.59. The van der Waals surface area contributed by atoms with Crippen LogP contribution < -0.4 is 0 Å². The van der Waals surface area contributed by atoms with Gasteiger partial charge in [0.25, 0.3) is 0 Å². The Labute approximate surface area is 135 Å². The van der Waals surface area contributed by atoms with E-state index in [9.17, 15) is 4.79 Å². The molecule has 22 heavy (non-hydrogen) atoms. The normalized spacial score (nSPS) is 24.2. The lowest BCUT2D eigenvalue weighted by Gasteiger charge is -2.34. The van der Waals surface area contributed by atoms with Crippen LogP contribution in [-0.4, -0.2) is 42.2 Å². The molecule has 4 nitrogen and oxygen atoms in total. The number of carbonyl (C=O) groups excluding carboxylic acids is 1. The van der Waals surface area contributed by atoms with Gasteiger partial charge in [-0.05, 0) is 52.8 Å². The Morgan fingerprint density at radius 2 is 1.95 bits per heavy atom. The highest BCUT2D eigenvalue weighted by atomic mass is 16.6. The summed E-state index contributed by atoms with van der Waals surface area (Å²) in [5.74, 6) is 0. The third kappa shape index (κ3) is 3.68. The summed E-state index contributed by atoms with van der Waals surface area (Å²) in [7, 11) is 0. The van der Waals surface area contributed by atoms with E-state index < -0.39 is 5.60 Å². The molecule has 0 radical (unpaired) electrons. The first kappa shape index (κ1) is 17.4. The molecule has 0 aromatic rings. The third-order valence-electron chi connectivity index (χ3n) is 5.07. The number of hydrogen-bond acceptors (Lipinski definition) is 3. The number of ether oxygens (including phenoxy) is 1. The minimum atomic E-state index is -0.441. The standard InChI is InChI=1S/C17H30BNO3/c1-15(2,3)21-14(20)19-10-8-13(9-11-19)18-12-16(4,5)17(6,7)22-18/h8H,9-12H2,1-7H3. The molecule has 1 fully saturated rings. The summed E-state index contributed by atoms with van der Waals surface area (Å²) >= 11 is 0. The summed E-state index contributed by atoms with van der Waals surface area (Å²) in [6.45, 7) is 16.1. The monoisotopic (exact) mass is 307 g/mol. The Hall–Kier alpha value is -0.965. The Balaban J connectivity index is 1.97. The van der Waals surface area contributed by atoms with Gasteiger partial charge in [0, 0.05) is 13.1 Å². The van der Waals surface area contributed by atoms with Crippen LogP contribution in [0.4, 0.5) is 4.79 Å². The van der Waals surface area contributed by atoms with Gasteiger partial charge in [-0.2, -0.15) is 0 Å². The largest absolute Gasteiger partial charge is 0.444 e. The Bertz CT molecular complexity index is 461. The van der Waals surface area contributed by atoms with E-state index in [-0.39, 0.29) is 24.0 Å². The van der Waals surface area contributed by atoms with Gasteiger partial charge in [0.2, 0.25) is 0 Å². The Morgan fingerprint density at radius 3 is 2.36 bits per heavy atom. The number of nitrogens with zero attached hydrogens (tertiary/aromatic N) is 1. The fourth-order valence-electron chi connectivity index (χ4n) is 2.94. The first-order chi connectivity index (χ1) is 9.91. The second-order valence-electron chi connectivity index (χ2n) is 8.66. The van der Waals surface area contributed by atoms with E-state index in [1.165, 1.54) is 5.47 Å². The lowest BCUT2D eigenvalue weighted by molar-refractivity contribution is 0.0262. The predicted molar refractivity (Wildman–Crippen MR) is 90.0 cm³/mol. The van der Waals surface area contributed by atoms with Crippen molar-refractivity contribution < 1.29 is 14.2 Å². The van der Waals surface area contributed by atoms with Crippen molar-refractivity contribution in [1.82, 2.24) is 4.90 Å². The van der Waals surface area contributed by atoms with Gasteiger partial charge in [-0.3, -0.25) is 0 Å². The molecular formula is C17H30BNO3. The zero-order valence-corrected chi connectivity index (χ0v) is 15.2. The van der Waals surface area contributed by atoms with E-state index >= 15 is 0 Å². The van der Waals surface area contributed by atoms with Crippen molar-refractivity contribution in [3.8, 4) is 0 Å². The molecule has 0 aliphatic carbocycles. The van der Waals surface area contributed by atoms with Gasteiger partial charge in [-0.25, -0.2) is 4.79 Å². The maximum atomic E-state index is 12.1. The SMILES string of the molecule is CC(C)(C)OC(=O)N1CC=C(B2CC(C)(C)C(C)(C)O2)CC1. The molecule has 2 aliphatic heterocycles. The Kier molecular flexibility index (Phi) is 4.42. The summed E-state index contributed by atoms with van der Waals surface area (Å²) in [4.78, 5) is 13.9. The summed E-state index contributed by atoms with van der Waals surface area (Å²) in [6, 6.07) is 0. The van der Waals surface area contributed by atoms with E-state index in [0.29, 0.717) is 13.1 Å². The zero-order chi connectivity index (χ0) is 16.8. The van der Waals surface area contributed by atoms with E-state index in [0.717, 1.165) is 12.7 Å². The lowest BCUT2D eigenvalue weighted by atomic mass is 9.52. The van der Waals surface area contributed by atoms with Crippen molar-refractivity contribution in [2.75, 3.05) is 13.1 Å². The third-order valence-corrected chi connectivity index (χ3v) is 5.07. The van der Waals surface area contributed by atoms with Gasteiger partial charge in [0.15, 0.2) is 0 Å². The average Bonchev–Trinajstić information content (AvgIpc) is 2.56. The van der Waals surface area contributed by atoms with E-state index in [1.54, 1.807) is 4.90 Å². The molecule has 5 heteroatoms. The minimum Gasteiger partial charge on any atom is -0.444 e. The molecular weight excluding hydrogens is 277 g/mol. The number of rotatable bonds is 1. The van der Waals surface area contributed by atoms with Crippen LogP contribution in [0.2, 0.25) is 6.32 Å². The topological polar surface area (TPSA) is 38.8 Å². The van der Waals surface area contributed by atoms with Gasteiger partial charge < -0.3 is 14.3 Å². The molecule has 0 saturated carbocycles. The van der Waals surface area contributed by atoms with Gasteiger partial charge in [-0.1, -0.05) is 25.4 Å². The zero-order valence-electron chi connectivity index (χ0n) is 15.2. The molecule has 2 aliphatic rings. The molecule has 0 spiro atoms. The molecule has 2 heterocycles. The first-order valence-corrected chi connectivity index (χ1v) is 8.26. The van der Waals surface area contributed by atoms with E-state index in [2.05, 4.69) is 33.8 Å². The smallest absolute Gasteiger partial charge is 0.410 e. The van der Waals surface area contributed by atoms with Crippen LogP contribution in [0.15, 0.2) is 11.5 Å². The molecule has 0 N–H and O–H groups in total. The van der Waals surface area contributed by atoms with Crippen molar-refractivity contribution >= 4 is 13.0 Å². The van der Waals surface area contributed by atoms with Crippen molar-refractivity contribution in [2.45, 2.75) is 72.4 Å². The van der Waals surface area contributed by atoms with E-state index in [4.69, 9.17) is 9.39 Å². The van der Waals surface area contributed by atoms with Crippen LogP contribution in [0, 0.1) is 5.41 Å². The van der Waals surface area contributed by atoms with Crippen LogP contribution >= 0.6 is 0 Å². The molecule has 2 rings (SSSR count). The van der Waals surface area contributed by atoms with Crippen LogP contribution in [-0.2, 0) is 9.39 Å². The molecule has 1 amide bonds. The minimum absolute atomic E-state index is 0.110. The molecule has 0 aromatic heterocycles. The van der Waals surface area contributed by atoms with Gasteiger partial charge >= 0.3 is 13.0 Å². The van der Waals surface area contributed by atoms with Gasteiger partial charge in [0.1, 0.15) is 5.60 Å². The van der Waals surface area contributed by atoms with Crippen molar-refractivity contribution in [1.29, 1.82) is 0 Å². The molecule has 0 unspecified atom stereocenters. The van der Waals surface area contributed by atoms with Crippen LogP contribution in [0.3, 0.4) is 0 Å². The highest BCUT2D eigenvalue weighted by molar-refractivity contribution is 6.61. The number of carbonyl (C=O) groups is 1. The van der Waals surface area contributed by atoms with Crippen molar-refractivity contribution in [3.05, 3.63) is 11.5 Å². The van der Waals surface area contributed by atoms with Crippen molar-refractivity contribution in [3.63, 3.8) is 0 Å². The van der Waals surface area contributed by atoms with Gasteiger partial charge in [-0.15, -0.1) is 0 Å².